The molecule has 15 heteroatoms. The Morgan fingerprint density at radius 1 is 1.08 bits per heavy atom. The van der Waals surface area contributed by atoms with Gasteiger partial charge in [0, 0.05) is 30.9 Å². The highest BCUT2D eigenvalue weighted by molar-refractivity contribution is 7.91. The second-order valence-corrected chi connectivity index (χ2v) is 17.8. The second-order valence-electron chi connectivity index (χ2n) is 15.9. The van der Waals surface area contributed by atoms with Gasteiger partial charge >= 0.3 is 6.09 Å². The number of ether oxygens (including phenoxy) is 1. The van der Waals surface area contributed by atoms with Gasteiger partial charge in [0.05, 0.1) is 18.3 Å². The van der Waals surface area contributed by atoms with E-state index < -0.39 is 74.5 Å². The number of nitrogens with one attached hydrogen (secondary N) is 3. The van der Waals surface area contributed by atoms with E-state index in [9.17, 15) is 36.8 Å². The Balaban J connectivity index is 1.25. The summed E-state index contributed by atoms with van der Waals surface area (Å²) in [6.07, 6.45) is 6.47. The zero-order valence-electron chi connectivity index (χ0n) is 29.4. The van der Waals surface area contributed by atoms with Crippen LogP contribution in [0.15, 0.2) is 30.4 Å². The maximum Gasteiger partial charge on any atom is 0.410 e. The van der Waals surface area contributed by atoms with Gasteiger partial charge < -0.3 is 20.3 Å². The van der Waals surface area contributed by atoms with E-state index in [2.05, 4.69) is 15.4 Å². The first kappa shape index (κ1) is 36.8. The van der Waals surface area contributed by atoms with Gasteiger partial charge in [0.15, 0.2) is 0 Å². The number of benzene rings is 1. The van der Waals surface area contributed by atoms with E-state index >= 15 is 0 Å². The molecule has 0 spiro atoms. The number of halogens is 1. The molecule has 0 radical (unpaired) electrons. The van der Waals surface area contributed by atoms with E-state index in [0.717, 1.165) is 12.8 Å². The number of amides is 5. The van der Waals surface area contributed by atoms with E-state index in [0.29, 0.717) is 43.2 Å². The Hall–Kier alpha value is -4.01. The monoisotopic (exact) mass is 729 g/mol. The molecule has 278 valence electrons. The summed E-state index contributed by atoms with van der Waals surface area (Å²) < 4.78 is 47.9. The molecule has 5 atom stereocenters. The molecular formula is C36H48FN5O8S. The van der Waals surface area contributed by atoms with Gasteiger partial charge in [0.1, 0.15) is 29.5 Å². The normalized spacial score (nSPS) is 29.0. The Kier molecular flexibility index (Phi) is 10.2. The molecule has 13 nitrogen and oxygen atoms in total. The first-order valence-electron chi connectivity index (χ1n) is 17.9. The summed E-state index contributed by atoms with van der Waals surface area (Å²) in [5.41, 5.74) is -0.813. The van der Waals surface area contributed by atoms with Gasteiger partial charge in [0.25, 0.3) is 5.91 Å². The number of hydrogen-bond acceptors (Lipinski definition) is 8. The van der Waals surface area contributed by atoms with E-state index in [1.165, 1.54) is 15.9 Å². The van der Waals surface area contributed by atoms with Crippen LogP contribution in [0.2, 0.25) is 0 Å². The van der Waals surface area contributed by atoms with Crippen molar-refractivity contribution >= 4 is 39.7 Å². The Morgan fingerprint density at radius 2 is 1.84 bits per heavy atom. The van der Waals surface area contributed by atoms with Crippen molar-refractivity contribution in [1.82, 2.24) is 25.2 Å². The summed E-state index contributed by atoms with van der Waals surface area (Å²) in [4.78, 5) is 71.2. The lowest BCUT2D eigenvalue weighted by Crippen LogP contribution is -2.58. The predicted octanol–water partition coefficient (Wildman–Crippen LogP) is 3.17. The Bertz CT molecular complexity index is 1720. The highest BCUT2D eigenvalue weighted by atomic mass is 32.2. The third kappa shape index (κ3) is 8.39. The molecule has 51 heavy (non-hydrogen) atoms. The molecule has 3 fully saturated rings. The van der Waals surface area contributed by atoms with Crippen molar-refractivity contribution in [2.75, 3.05) is 6.54 Å². The third-order valence-electron chi connectivity index (χ3n) is 10.3. The number of hydrogen-bond donors (Lipinski definition) is 3. The molecule has 5 amide bonds. The molecule has 6 rings (SSSR count). The van der Waals surface area contributed by atoms with E-state index in [4.69, 9.17) is 4.74 Å². The van der Waals surface area contributed by atoms with Crippen LogP contribution in [0.5, 0.6) is 0 Å². The van der Waals surface area contributed by atoms with E-state index in [1.54, 1.807) is 12.1 Å². The molecule has 2 aliphatic carbocycles. The van der Waals surface area contributed by atoms with E-state index in [1.807, 2.05) is 32.9 Å². The highest BCUT2D eigenvalue weighted by Crippen LogP contribution is 2.46. The number of rotatable bonds is 6. The standard InChI is InChI=1S/C36H48FN5O8S/c1-35(2,3)18-30(43)38-28-13-8-6-4-5-7-11-23-17-36(23,33(46)40-51(48,49)25-14-15-25)39-31(44)29-16-24(20-42(29)32(28)45)50-34(47)41-19-22-10-9-12-27(37)26(22)21-41/h7,9-12,23-25,28-29H,4-6,8,13-21H2,1-3H3,(H,38,43)(H,39,44)(H,40,46)/b11-7-/t23-,24-,28+,29?,36-/m1/s1. The molecule has 0 bridgehead atoms. The van der Waals surface area contributed by atoms with Gasteiger partial charge in [-0.2, -0.15) is 0 Å². The number of allylic oxidation sites excluding steroid dienone is 1. The first-order chi connectivity index (χ1) is 24.1. The van der Waals surface area contributed by atoms with Gasteiger partial charge in [0.2, 0.25) is 27.7 Å². The van der Waals surface area contributed by atoms with Crippen LogP contribution in [0.4, 0.5) is 9.18 Å². The SMILES string of the molecule is CC(C)(C)CC(=O)N[C@H]1CCCCC/C=C\[C@@H]2C[C@@]2(C(=O)NS(=O)(=O)C2CC2)NC(=O)C2C[C@@H](OC(=O)N3Cc4cccc(F)c4C3)CN2C1=O. The smallest absolute Gasteiger partial charge is 0.410 e. The van der Waals surface area contributed by atoms with Crippen molar-refractivity contribution in [3.8, 4) is 0 Å². The van der Waals surface area contributed by atoms with Crippen molar-refractivity contribution in [3.05, 3.63) is 47.3 Å². The molecule has 3 N–H and O–H groups in total. The summed E-state index contributed by atoms with van der Waals surface area (Å²) in [5.74, 6) is -3.22. The average molecular weight is 730 g/mol. The lowest BCUT2D eigenvalue weighted by atomic mass is 9.91. The Labute approximate surface area is 298 Å². The highest BCUT2D eigenvalue weighted by Gasteiger charge is 2.62. The van der Waals surface area contributed by atoms with Crippen molar-refractivity contribution < 1.29 is 41.5 Å². The molecule has 1 aromatic rings. The van der Waals surface area contributed by atoms with Crippen molar-refractivity contribution in [3.63, 3.8) is 0 Å². The van der Waals surface area contributed by atoms with Gasteiger partial charge in [-0.05, 0) is 55.6 Å². The minimum absolute atomic E-state index is 0.0122. The van der Waals surface area contributed by atoms with Gasteiger partial charge in [-0.3, -0.25) is 28.8 Å². The number of sulfonamides is 1. The first-order valence-corrected chi connectivity index (χ1v) is 19.5. The fourth-order valence-electron chi connectivity index (χ4n) is 7.30. The van der Waals surface area contributed by atoms with Crippen LogP contribution in [0, 0.1) is 17.2 Å². The molecule has 2 saturated carbocycles. The largest absolute Gasteiger partial charge is 0.444 e. The Morgan fingerprint density at radius 3 is 2.55 bits per heavy atom. The fraction of sp³-hybridized carbons (Fsp3) is 0.639. The predicted molar refractivity (Wildman–Crippen MR) is 183 cm³/mol. The minimum Gasteiger partial charge on any atom is -0.444 e. The molecule has 1 aromatic carbocycles. The molecule has 1 unspecified atom stereocenters. The van der Waals surface area contributed by atoms with Crippen LogP contribution in [0.3, 0.4) is 0 Å². The van der Waals surface area contributed by atoms with Crippen LogP contribution in [0.1, 0.15) is 96.1 Å². The average Bonchev–Trinajstić information content (AvgIpc) is 3.93. The van der Waals surface area contributed by atoms with Gasteiger partial charge in [-0.1, -0.05) is 57.9 Å². The number of nitrogens with zero attached hydrogens (tertiary/aromatic N) is 2. The van der Waals surface area contributed by atoms with Crippen LogP contribution in [-0.2, 0) is 47.0 Å². The maximum atomic E-state index is 14.4. The lowest BCUT2D eigenvalue weighted by molar-refractivity contribution is -0.142. The zero-order chi connectivity index (χ0) is 36.7. The molecular weight excluding hydrogens is 681 g/mol. The molecule has 3 aliphatic heterocycles. The van der Waals surface area contributed by atoms with Crippen molar-refractivity contribution in [2.24, 2.45) is 11.3 Å². The number of carbonyl (C=O) groups is 5. The van der Waals surface area contributed by atoms with Crippen LogP contribution in [-0.4, -0.2) is 83.5 Å². The summed E-state index contributed by atoms with van der Waals surface area (Å²) in [5, 5.41) is 5.05. The van der Waals surface area contributed by atoms with Gasteiger partial charge in [-0.15, -0.1) is 0 Å². The van der Waals surface area contributed by atoms with Crippen LogP contribution >= 0.6 is 0 Å². The number of carbonyl (C=O) groups excluding carboxylic acids is 5. The molecule has 5 aliphatic rings. The minimum atomic E-state index is -3.91. The fourth-order valence-corrected chi connectivity index (χ4v) is 8.67. The van der Waals surface area contributed by atoms with Crippen LogP contribution < -0.4 is 15.4 Å². The number of fused-ring (bicyclic) bond motifs is 3. The quantitative estimate of drug-likeness (QED) is 0.375. The van der Waals surface area contributed by atoms with Crippen molar-refractivity contribution in [2.45, 2.75) is 127 Å². The summed E-state index contributed by atoms with van der Waals surface area (Å²) >= 11 is 0. The summed E-state index contributed by atoms with van der Waals surface area (Å²) in [6.45, 7) is 5.75. The van der Waals surface area contributed by atoms with E-state index in [-0.39, 0.29) is 50.2 Å². The molecule has 3 heterocycles. The van der Waals surface area contributed by atoms with Gasteiger partial charge in [-0.25, -0.2) is 17.6 Å². The maximum absolute atomic E-state index is 14.4. The van der Waals surface area contributed by atoms with Crippen molar-refractivity contribution in [1.29, 1.82) is 0 Å². The summed E-state index contributed by atoms with van der Waals surface area (Å²) in [6, 6.07) is 2.49. The third-order valence-corrected chi connectivity index (χ3v) is 12.1. The summed E-state index contributed by atoms with van der Waals surface area (Å²) in [7, 11) is -3.91. The molecule has 1 saturated heterocycles. The lowest BCUT2D eigenvalue weighted by Gasteiger charge is -2.30. The molecule has 0 aromatic heterocycles. The zero-order valence-corrected chi connectivity index (χ0v) is 30.2. The topological polar surface area (TPSA) is 171 Å². The van der Waals surface area contributed by atoms with Crippen LogP contribution in [0.25, 0.3) is 0 Å². The second kappa shape index (κ2) is 14.2.